The van der Waals surface area contributed by atoms with Gasteiger partial charge in [-0.2, -0.15) is 17.2 Å². The van der Waals surface area contributed by atoms with E-state index >= 15 is 0 Å². The molecule has 14 heteroatoms. The number of amides is 1. The molecule has 3 aromatic rings. The van der Waals surface area contributed by atoms with E-state index < -0.39 is 74.7 Å². The number of esters is 1. The zero-order chi connectivity index (χ0) is 27.8. The minimum Gasteiger partial charge on any atom is -0.449 e. The van der Waals surface area contributed by atoms with E-state index in [2.05, 4.69) is 4.74 Å². The van der Waals surface area contributed by atoms with Crippen LogP contribution in [0.2, 0.25) is 0 Å². The molecule has 1 aliphatic carbocycles. The normalized spacial score (nSPS) is 13.4. The maximum Gasteiger partial charge on any atom is 0.407 e. The number of benzene rings is 3. The number of carbonyl (C=O) groups excluding carboxylic acids is 2. The average Bonchev–Trinajstić information content (AvgIpc) is 3.20. The zero-order valence-corrected chi connectivity index (χ0v) is 19.7. The topological polar surface area (TPSA) is 119 Å². The van der Waals surface area contributed by atoms with Crippen LogP contribution in [-0.2, 0) is 19.6 Å². The van der Waals surface area contributed by atoms with Gasteiger partial charge in [-0.3, -0.25) is 4.55 Å². The number of hydrogen-bond acceptors (Lipinski definition) is 6. The summed E-state index contributed by atoms with van der Waals surface area (Å²) in [5.74, 6) is -18.4. The minimum absolute atomic E-state index is 0.287. The van der Waals surface area contributed by atoms with Crippen molar-refractivity contribution in [2.75, 3.05) is 12.4 Å². The molecule has 2 N–H and O–H groups in total. The van der Waals surface area contributed by atoms with E-state index in [1.54, 1.807) is 17.4 Å². The molecule has 0 bridgehead atoms. The number of ether oxygens (including phenoxy) is 2. The Bertz CT molecular complexity index is 1470. The monoisotopic (exact) mass is 557 g/mol. The summed E-state index contributed by atoms with van der Waals surface area (Å²) >= 11 is 0. The molecule has 3 aromatic carbocycles. The van der Waals surface area contributed by atoms with E-state index in [0.717, 1.165) is 22.3 Å². The summed E-state index contributed by atoms with van der Waals surface area (Å²) in [7, 11) is -5.03. The lowest BCUT2D eigenvalue weighted by molar-refractivity contribution is -0.136. The first kappa shape index (κ1) is 27.0. The molecule has 0 radical (unpaired) electrons. The number of halogens is 5. The third-order valence-corrected chi connectivity index (χ3v) is 6.42. The third kappa shape index (κ3) is 5.31. The van der Waals surface area contributed by atoms with Gasteiger partial charge in [-0.15, -0.1) is 0 Å². The first-order chi connectivity index (χ1) is 17.9. The Hall–Kier alpha value is -4.04. The Morgan fingerprint density at radius 1 is 0.842 bits per heavy atom. The Balaban J connectivity index is 1.51. The van der Waals surface area contributed by atoms with Gasteiger partial charge in [0.05, 0.1) is 0 Å². The van der Waals surface area contributed by atoms with Crippen LogP contribution in [0.15, 0.2) is 48.5 Å². The molecule has 0 saturated heterocycles. The van der Waals surface area contributed by atoms with Crippen LogP contribution in [0.1, 0.15) is 17.0 Å². The fraction of sp³-hybridized carbons (Fsp3) is 0.167. The van der Waals surface area contributed by atoms with E-state index in [0.29, 0.717) is 0 Å². The summed E-state index contributed by atoms with van der Waals surface area (Å²) < 4.78 is 109. The summed E-state index contributed by atoms with van der Waals surface area (Å²) in [6, 6.07) is 12.2. The Morgan fingerprint density at radius 3 is 1.82 bits per heavy atom. The number of hydrogen-bond donors (Lipinski definition) is 2. The number of alkyl carbamates (subject to hydrolysis) is 1. The number of rotatable bonds is 7. The van der Waals surface area contributed by atoms with E-state index in [9.17, 15) is 40.0 Å². The van der Waals surface area contributed by atoms with Crippen molar-refractivity contribution in [1.29, 1.82) is 0 Å². The lowest BCUT2D eigenvalue weighted by Gasteiger charge is -2.18. The molecule has 1 amide bonds. The maximum absolute atomic E-state index is 13.9. The van der Waals surface area contributed by atoms with Gasteiger partial charge < -0.3 is 14.8 Å². The maximum atomic E-state index is 13.9. The van der Waals surface area contributed by atoms with Crippen LogP contribution in [0.25, 0.3) is 11.1 Å². The highest BCUT2D eigenvalue weighted by Crippen LogP contribution is 2.44. The molecule has 0 aromatic heterocycles. The van der Waals surface area contributed by atoms with Gasteiger partial charge in [0.2, 0.25) is 34.8 Å². The largest absolute Gasteiger partial charge is 0.449 e. The van der Waals surface area contributed by atoms with Gasteiger partial charge in [-0.25, -0.2) is 22.8 Å². The van der Waals surface area contributed by atoms with Crippen LogP contribution in [-0.4, -0.2) is 43.4 Å². The first-order valence-electron chi connectivity index (χ1n) is 10.7. The molecule has 200 valence electrons. The van der Waals surface area contributed by atoms with Crippen LogP contribution in [0.5, 0.6) is 5.75 Å². The van der Waals surface area contributed by atoms with Gasteiger partial charge in [-0.05, 0) is 22.3 Å². The van der Waals surface area contributed by atoms with Crippen molar-refractivity contribution in [2.24, 2.45) is 0 Å². The highest BCUT2D eigenvalue weighted by atomic mass is 32.2. The molecule has 0 aliphatic heterocycles. The molecule has 0 spiro atoms. The standard InChI is InChI=1S/C24H16F5NO7S/c25-17-18(26)20(28)22(21(29)19(17)27)37-23(31)16(10-38(33,34)35)30-24(32)36-9-15-13-7-3-1-5-11(13)12-6-2-4-8-14(12)15/h1-8,15-16H,9-10H2,(H,30,32)(H,33,34,35)/t16-/m0/s1. The molecule has 0 unspecified atom stereocenters. The predicted molar refractivity (Wildman–Crippen MR) is 120 cm³/mol. The van der Waals surface area contributed by atoms with Crippen LogP contribution in [0, 0.1) is 29.1 Å². The molecule has 8 nitrogen and oxygen atoms in total. The summed E-state index contributed by atoms with van der Waals surface area (Å²) in [6.07, 6.45) is -1.39. The van der Waals surface area contributed by atoms with Crippen molar-refractivity contribution in [3.8, 4) is 16.9 Å². The van der Waals surface area contributed by atoms with Crippen LogP contribution < -0.4 is 10.1 Å². The van der Waals surface area contributed by atoms with Gasteiger partial charge >= 0.3 is 12.1 Å². The predicted octanol–water partition coefficient (Wildman–Crippen LogP) is 4.08. The van der Waals surface area contributed by atoms with Crippen molar-refractivity contribution in [3.05, 3.63) is 88.7 Å². The second-order valence-electron chi connectivity index (χ2n) is 8.09. The van der Waals surface area contributed by atoms with Gasteiger partial charge in [0.1, 0.15) is 18.4 Å². The van der Waals surface area contributed by atoms with Gasteiger partial charge in [0, 0.05) is 5.92 Å². The summed E-state index contributed by atoms with van der Waals surface area (Å²) in [6.45, 7) is -0.287. The lowest BCUT2D eigenvalue weighted by Crippen LogP contribution is -2.47. The number of fused-ring (bicyclic) bond motifs is 3. The number of nitrogens with one attached hydrogen (secondary N) is 1. The molecule has 0 fully saturated rings. The smallest absolute Gasteiger partial charge is 0.407 e. The SMILES string of the molecule is O=C(N[C@@H](CS(=O)(=O)O)C(=O)Oc1c(F)c(F)c(F)c(F)c1F)OCC1c2ccccc2-c2ccccc21. The molecular formula is C24H16F5NO7S. The molecule has 38 heavy (non-hydrogen) atoms. The molecule has 0 saturated carbocycles. The van der Waals surface area contributed by atoms with E-state index in [-0.39, 0.29) is 6.61 Å². The fourth-order valence-electron chi connectivity index (χ4n) is 4.01. The molecule has 1 aliphatic rings. The average molecular weight is 557 g/mol. The van der Waals surface area contributed by atoms with Crippen molar-refractivity contribution in [1.82, 2.24) is 5.32 Å². The van der Waals surface area contributed by atoms with Crippen LogP contribution >= 0.6 is 0 Å². The van der Waals surface area contributed by atoms with Crippen LogP contribution in [0.3, 0.4) is 0 Å². The van der Waals surface area contributed by atoms with Crippen molar-refractivity contribution in [3.63, 3.8) is 0 Å². The summed E-state index contributed by atoms with van der Waals surface area (Å²) in [4.78, 5) is 24.8. The van der Waals surface area contributed by atoms with E-state index in [1.807, 2.05) is 36.4 Å². The summed E-state index contributed by atoms with van der Waals surface area (Å²) in [5, 5.41) is 1.76. The fourth-order valence-corrected chi connectivity index (χ4v) is 4.65. The highest BCUT2D eigenvalue weighted by molar-refractivity contribution is 7.85. The quantitative estimate of drug-likeness (QED) is 0.112. The molecular weight excluding hydrogens is 541 g/mol. The van der Waals surface area contributed by atoms with Crippen molar-refractivity contribution >= 4 is 22.2 Å². The lowest BCUT2D eigenvalue weighted by atomic mass is 9.98. The first-order valence-corrected chi connectivity index (χ1v) is 12.3. The van der Waals surface area contributed by atoms with E-state index in [1.165, 1.54) is 0 Å². The third-order valence-electron chi connectivity index (χ3n) is 5.67. The molecule has 4 rings (SSSR count). The molecule has 0 heterocycles. The van der Waals surface area contributed by atoms with Crippen molar-refractivity contribution in [2.45, 2.75) is 12.0 Å². The molecule has 1 atom stereocenters. The minimum atomic E-state index is -5.03. The van der Waals surface area contributed by atoms with Crippen LogP contribution in [0.4, 0.5) is 26.7 Å². The van der Waals surface area contributed by atoms with Gasteiger partial charge in [0.15, 0.2) is 0 Å². The second kappa shape index (κ2) is 10.4. The van der Waals surface area contributed by atoms with Gasteiger partial charge in [-0.1, -0.05) is 48.5 Å². The Kier molecular flexibility index (Phi) is 7.37. The van der Waals surface area contributed by atoms with Crippen molar-refractivity contribution < 1.29 is 54.0 Å². The number of carbonyl (C=O) groups is 2. The Morgan fingerprint density at radius 2 is 1.32 bits per heavy atom. The second-order valence-corrected chi connectivity index (χ2v) is 9.59. The Labute approximate surface area is 211 Å². The van der Waals surface area contributed by atoms with E-state index in [4.69, 9.17) is 9.29 Å². The van der Waals surface area contributed by atoms with Gasteiger partial charge in [0.25, 0.3) is 10.1 Å². The zero-order valence-electron chi connectivity index (χ0n) is 18.9. The highest BCUT2D eigenvalue weighted by Gasteiger charge is 2.34. The summed E-state index contributed by atoms with van der Waals surface area (Å²) in [5.41, 5.74) is 3.43.